The van der Waals surface area contributed by atoms with Crippen molar-refractivity contribution in [3.05, 3.63) is 11.6 Å². The van der Waals surface area contributed by atoms with E-state index in [0.717, 1.165) is 0 Å². The van der Waals surface area contributed by atoms with E-state index in [1.165, 1.54) is 10.9 Å². The Balaban J connectivity index is 2.06. The summed E-state index contributed by atoms with van der Waals surface area (Å²) in [5.74, 6) is 0.225. The number of hydrogen-bond acceptors (Lipinski definition) is 7. The van der Waals surface area contributed by atoms with Crippen molar-refractivity contribution in [3.8, 4) is 0 Å². The summed E-state index contributed by atoms with van der Waals surface area (Å²) in [6.07, 6.45) is -0.346. The summed E-state index contributed by atoms with van der Waals surface area (Å²) in [5.41, 5.74) is 6.53. The molecule has 0 unspecified atom stereocenters. The Kier molecular flexibility index (Phi) is 3.02. The van der Waals surface area contributed by atoms with Crippen molar-refractivity contribution in [2.75, 3.05) is 12.3 Å². The number of aromatic nitrogens is 4. The van der Waals surface area contributed by atoms with Crippen molar-refractivity contribution in [1.29, 1.82) is 0 Å². The standard InChI is InChI=1S/C10H12ClN5O3/c11-10-15-7-8(12)13-3-14-9(7)16(10)6-1-4(18)5(2-17)19-6/h3-6,17-18H,1-2H2,(H2,12,13,14)/t4-,5+,6+/m0/s1. The van der Waals surface area contributed by atoms with Crippen molar-refractivity contribution in [2.45, 2.75) is 24.9 Å². The Morgan fingerprint density at radius 2 is 2.32 bits per heavy atom. The number of aliphatic hydroxyl groups is 2. The maximum atomic E-state index is 9.76. The number of rotatable bonds is 2. The van der Waals surface area contributed by atoms with E-state index in [2.05, 4.69) is 15.0 Å². The molecule has 1 saturated heterocycles. The van der Waals surface area contributed by atoms with Crippen molar-refractivity contribution < 1.29 is 14.9 Å². The number of nitrogens with zero attached hydrogens (tertiary/aromatic N) is 4. The van der Waals surface area contributed by atoms with Crippen molar-refractivity contribution in [1.82, 2.24) is 19.5 Å². The third-order valence-electron chi connectivity index (χ3n) is 3.13. The Labute approximate surface area is 112 Å². The average molecular weight is 286 g/mol. The molecule has 3 heterocycles. The van der Waals surface area contributed by atoms with Crippen LogP contribution in [0.25, 0.3) is 11.2 Å². The van der Waals surface area contributed by atoms with Crippen LogP contribution in [0.15, 0.2) is 6.33 Å². The lowest BCUT2D eigenvalue weighted by Gasteiger charge is -2.14. The topological polar surface area (TPSA) is 119 Å². The van der Waals surface area contributed by atoms with Gasteiger partial charge < -0.3 is 20.7 Å². The molecular weight excluding hydrogens is 274 g/mol. The lowest BCUT2D eigenvalue weighted by Crippen LogP contribution is -2.24. The number of nitrogen functional groups attached to an aromatic ring is 1. The zero-order valence-electron chi connectivity index (χ0n) is 9.77. The number of imidazole rings is 1. The molecule has 1 aliphatic heterocycles. The molecule has 8 nitrogen and oxygen atoms in total. The Morgan fingerprint density at radius 3 is 3.00 bits per heavy atom. The molecule has 0 saturated carbocycles. The van der Waals surface area contributed by atoms with Crippen LogP contribution in [-0.2, 0) is 4.74 Å². The monoisotopic (exact) mass is 285 g/mol. The van der Waals surface area contributed by atoms with Crippen LogP contribution < -0.4 is 5.73 Å². The van der Waals surface area contributed by atoms with Crippen LogP contribution in [0.3, 0.4) is 0 Å². The third-order valence-corrected chi connectivity index (χ3v) is 3.40. The van der Waals surface area contributed by atoms with E-state index >= 15 is 0 Å². The highest BCUT2D eigenvalue weighted by Gasteiger charge is 2.36. The van der Waals surface area contributed by atoms with E-state index < -0.39 is 18.4 Å². The van der Waals surface area contributed by atoms with Gasteiger partial charge in [-0.3, -0.25) is 4.57 Å². The summed E-state index contributed by atoms with van der Waals surface area (Å²) in [7, 11) is 0. The fourth-order valence-electron chi connectivity index (χ4n) is 2.19. The molecule has 1 fully saturated rings. The third kappa shape index (κ3) is 1.93. The van der Waals surface area contributed by atoms with Crippen LogP contribution >= 0.6 is 11.6 Å². The molecule has 4 N–H and O–H groups in total. The zero-order valence-corrected chi connectivity index (χ0v) is 10.5. The summed E-state index contributed by atoms with van der Waals surface area (Å²) in [6.45, 7) is -0.265. The first-order valence-electron chi connectivity index (χ1n) is 5.70. The van der Waals surface area contributed by atoms with E-state index in [9.17, 15) is 5.11 Å². The molecule has 3 rings (SSSR count). The van der Waals surface area contributed by atoms with Crippen LogP contribution in [-0.4, -0.2) is 48.5 Å². The van der Waals surface area contributed by atoms with Crippen LogP contribution in [0, 0.1) is 0 Å². The van der Waals surface area contributed by atoms with Gasteiger partial charge in [0.2, 0.25) is 5.28 Å². The lowest BCUT2D eigenvalue weighted by molar-refractivity contribution is -0.0431. The molecule has 0 aliphatic carbocycles. The molecule has 19 heavy (non-hydrogen) atoms. The first-order valence-corrected chi connectivity index (χ1v) is 6.08. The smallest absolute Gasteiger partial charge is 0.207 e. The molecule has 0 amide bonds. The number of nitrogens with two attached hydrogens (primary N) is 1. The second-order valence-corrected chi connectivity index (χ2v) is 4.63. The van der Waals surface area contributed by atoms with Gasteiger partial charge in [-0.05, 0) is 11.6 Å². The lowest BCUT2D eigenvalue weighted by atomic mass is 10.2. The second kappa shape index (κ2) is 4.57. The molecule has 0 radical (unpaired) electrons. The van der Waals surface area contributed by atoms with Crippen LogP contribution in [0.1, 0.15) is 12.6 Å². The fourth-order valence-corrected chi connectivity index (χ4v) is 2.47. The maximum absolute atomic E-state index is 9.76. The molecule has 102 valence electrons. The molecule has 2 aromatic heterocycles. The number of ether oxygens (including phenoxy) is 1. The summed E-state index contributed by atoms with van der Waals surface area (Å²) < 4.78 is 7.07. The van der Waals surface area contributed by atoms with Crippen LogP contribution in [0.5, 0.6) is 0 Å². The van der Waals surface area contributed by atoms with Gasteiger partial charge >= 0.3 is 0 Å². The summed E-state index contributed by atoms with van der Waals surface area (Å²) in [6, 6.07) is 0. The van der Waals surface area contributed by atoms with Gasteiger partial charge in [0.1, 0.15) is 18.7 Å². The van der Waals surface area contributed by atoms with Gasteiger partial charge in [0, 0.05) is 6.42 Å². The van der Waals surface area contributed by atoms with Gasteiger partial charge in [-0.2, -0.15) is 0 Å². The highest BCUT2D eigenvalue weighted by Crippen LogP contribution is 2.34. The van der Waals surface area contributed by atoms with Crippen molar-refractivity contribution in [3.63, 3.8) is 0 Å². The van der Waals surface area contributed by atoms with E-state index in [1.807, 2.05) is 0 Å². The number of hydrogen-bond donors (Lipinski definition) is 3. The largest absolute Gasteiger partial charge is 0.394 e. The van der Waals surface area contributed by atoms with Crippen LogP contribution in [0.4, 0.5) is 5.82 Å². The van der Waals surface area contributed by atoms with E-state index in [0.29, 0.717) is 17.6 Å². The van der Waals surface area contributed by atoms with E-state index in [-0.39, 0.29) is 17.7 Å². The molecule has 9 heteroatoms. The Bertz CT molecular complexity index is 618. The molecule has 1 aliphatic rings. The van der Waals surface area contributed by atoms with Gasteiger partial charge in [-0.15, -0.1) is 0 Å². The minimum Gasteiger partial charge on any atom is -0.394 e. The molecule has 2 aromatic rings. The van der Waals surface area contributed by atoms with Gasteiger partial charge in [0.25, 0.3) is 0 Å². The number of halogens is 1. The number of anilines is 1. The highest BCUT2D eigenvalue weighted by atomic mass is 35.5. The van der Waals surface area contributed by atoms with E-state index in [1.54, 1.807) is 0 Å². The molecule has 0 bridgehead atoms. The minimum absolute atomic E-state index is 0.151. The Morgan fingerprint density at radius 1 is 1.53 bits per heavy atom. The first-order chi connectivity index (χ1) is 9.11. The Hall–Kier alpha value is -1.48. The first kappa shape index (κ1) is 12.5. The second-order valence-electron chi connectivity index (χ2n) is 4.30. The molecule has 3 atom stereocenters. The van der Waals surface area contributed by atoms with Crippen molar-refractivity contribution >= 4 is 28.6 Å². The zero-order chi connectivity index (χ0) is 13.6. The van der Waals surface area contributed by atoms with Gasteiger partial charge in [0.15, 0.2) is 17.0 Å². The molecular formula is C10H12ClN5O3. The number of fused-ring (bicyclic) bond motifs is 1. The van der Waals surface area contributed by atoms with Crippen molar-refractivity contribution in [2.24, 2.45) is 0 Å². The van der Waals surface area contributed by atoms with Gasteiger partial charge in [0.05, 0.1) is 12.7 Å². The minimum atomic E-state index is -0.761. The summed E-state index contributed by atoms with van der Waals surface area (Å²) >= 11 is 6.06. The highest BCUT2D eigenvalue weighted by molar-refractivity contribution is 6.29. The predicted octanol–water partition coefficient (Wildman–Crippen LogP) is -0.297. The number of aliphatic hydroxyl groups excluding tert-OH is 2. The summed E-state index contributed by atoms with van der Waals surface area (Å²) in [5, 5.41) is 19.0. The average Bonchev–Trinajstić information content (AvgIpc) is 2.90. The normalized spacial score (nSPS) is 27.2. The molecule has 0 spiro atoms. The predicted molar refractivity (Wildman–Crippen MR) is 66.4 cm³/mol. The van der Waals surface area contributed by atoms with Gasteiger partial charge in [-0.1, -0.05) is 0 Å². The van der Waals surface area contributed by atoms with Crippen LogP contribution in [0.2, 0.25) is 5.28 Å². The maximum Gasteiger partial charge on any atom is 0.207 e. The van der Waals surface area contributed by atoms with E-state index in [4.69, 9.17) is 27.2 Å². The molecule has 0 aromatic carbocycles. The van der Waals surface area contributed by atoms with Gasteiger partial charge in [-0.25, -0.2) is 15.0 Å². The fraction of sp³-hybridized carbons (Fsp3) is 0.500. The quantitative estimate of drug-likeness (QED) is 0.648. The SMILES string of the molecule is Nc1ncnc2c1nc(Cl)n2[C@H]1C[C@H](O)[C@@H](CO)O1. The summed E-state index contributed by atoms with van der Waals surface area (Å²) in [4.78, 5) is 12.0.